The summed E-state index contributed by atoms with van der Waals surface area (Å²) in [5, 5.41) is 6.22. The first-order valence-electron chi connectivity index (χ1n) is 7.65. The third-order valence-electron chi connectivity index (χ3n) is 4.75. The molecular weight excluding hydrogens is 282 g/mol. The molecule has 5 rings (SSSR count). The van der Waals surface area contributed by atoms with E-state index in [2.05, 4.69) is 15.2 Å². The molecule has 3 fully saturated rings. The highest BCUT2D eigenvalue weighted by molar-refractivity contribution is 7.16. The fraction of sp³-hybridized carbons (Fsp3) is 0.500. The van der Waals surface area contributed by atoms with Gasteiger partial charge in [0.25, 0.3) is 5.91 Å². The number of nitrogens with zero attached hydrogens (tertiary/aromatic N) is 2. The van der Waals surface area contributed by atoms with Gasteiger partial charge >= 0.3 is 0 Å². The Balaban J connectivity index is 1.54. The molecule has 5 heterocycles. The van der Waals surface area contributed by atoms with Crippen molar-refractivity contribution >= 4 is 27.5 Å². The molecule has 3 saturated heterocycles. The number of piperidine rings is 1. The number of carbonyl (C=O) groups excluding carboxylic acids is 1. The number of aromatic nitrogens is 1. The van der Waals surface area contributed by atoms with E-state index in [4.69, 9.17) is 0 Å². The third-order valence-corrected chi connectivity index (χ3v) is 5.57. The second-order valence-electron chi connectivity index (χ2n) is 6.15. The monoisotopic (exact) mass is 301 g/mol. The fourth-order valence-electron chi connectivity index (χ4n) is 3.63. The van der Waals surface area contributed by atoms with Gasteiger partial charge in [-0.3, -0.25) is 4.79 Å². The molecule has 3 aliphatic rings. The minimum Gasteiger partial charge on any atom is -0.348 e. The van der Waals surface area contributed by atoms with Crippen molar-refractivity contribution in [3.8, 4) is 0 Å². The van der Waals surface area contributed by atoms with Gasteiger partial charge in [0.15, 0.2) is 0 Å². The summed E-state index contributed by atoms with van der Waals surface area (Å²) in [6, 6.07) is 4.10. The Morgan fingerprint density at radius 2 is 2.19 bits per heavy atom. The van der Waals surface area contributed by atoms with Gasteiger partial charge in [-0.2, -0.15) is 0 Å². The fourth-order valence-corrected chi connectivity index (χ4v) is 4.39. The van der Waals surface area contributed by atoms with Gasteiger partial charge in [-0.15, -0.1) is 11.3 Å². The quantitative estimate of drug-likeness (QED) is 0.927. The van der Waals surface area contributed by atoms with Crippen molar-refractivity contribution in [3.05, 3.63) is 29.3 Å². The average Bonchev–Trinajstić information content (AvgIpc) is 2.80. The van der Waals surface area contributed by atoms with Crippen LogP contribution in [0.5, 0.6) is 0 Å². The Morgan fingerprint density at radius 1 is 1.33 bits per heavy atom. The van der Waals surface area contributed by atoms with Crippen molar-refractivity contribution < 1.29 is 4.79 Å². The first-order chi connectivity index (χ1) is 10.3. The predicted octanol–water partition coefficient (Wildman–Crippen LogP) is 2.51. The summed E-state index contributed by atoms with van der Waals surface area (Å²) < 4.78 is 0. The standard InChI is InChI=1S/C16H19N3OS/c20-15(13-1-5-17-16-14(13)4-8-21-16)18-12-9-11-2-6-19(10-12)7-3-11/h1,4-5,8,11-12H,2-3,6-7,9-10H2,(H,18,20). The van der Waals surface area contributed by atoms with Crippen LogP contribution in [0, 0.1) is 5.92 Å². The minimum atomic E-state index is 0.0494. The smallest absolute Gasteiger partial charge is 0.252 e. The summed E-state index contributed by atoms with van der Waals surface area (Å²) in [5.74, 6) is 0.834. The van der Waals surface area contributed by atoms with Crippen molar-refractivity contribution in [2.75, 3.05) is 19.6 Å². The number of rotatable bonds is 2. The Labute approximate surface area is 128 Å². The van der Waals surface area contributed by atoms with Crippen LogP contribution in [0.2, 0.25) is 0 Å². The van der Waals surface area contributed by atoms with Gasteiger partial charge in [0.1, 0.15) is 4.83 Å². The summed E-state index contributed by atoms with van der Waals surface area (Å²) >= 11 is 1.58. The van der Waals surface area contributed by atoms with E-state index in [1.807, 2.05) is 17.5 Å². The van der Waals surface area contributed by atoms with Crippen LogP contribution >= 0.6 is 11.3 Å². The molecule has 2 aromatic rings. The molecule has 2 bridgehead atoms. The average molecular weight is 301 g/mol. The van der Waals surface area contributed by atoms with Crippen LogP contribution in [0.25, 0.3) is 10.2 Å². The van der Waals surface area contributed by atoms with Crippen LogP contribution in [0.15, 0.2) is 23.7 Å². The first kappa shape index (κ1) is 13.2. The van der Waals surface area contributed by atoms with E-state index in [1.165, 1.54) is 25.9 Å². The normalized spacial score (nSPS) is 28.5. The van der Waals surface area contributed by atoms with Crippen LogP contribution in [-0.4, -0.2) is 41.5 Å². The largest absolute Gasteiger partial charge is 0.348 e. The zero-order valence-electron chi connectivity index (χ0n) is 11.9. The number of thiophene rings is 1. The van der Waals surface area contributed by atoms with E-state index in [1.54, 1.807) is 17.5 Å². The minimum absolute atomic E-state index is 0.0494. The van der Waals surface area contributed by atoms with E-state index in [0.29, 0.717) is 0 Å². The molecular formula is C16H19N3OS. The molecule has 0 radical (unpaired) electrons. The highest BCUT2D eigenvalue weighted by Crippen LogP contribution is 2.27. The van der Waals surface area contributed by atoms with E-state index in [9.17, 15) is 4.79 Å². The third kappa shape index (κ3) is 2.56. The second kappa shape index (κ2) is 5.39. The number of pyridine rings is 1. The van der Waals surface area contributed by atoms with Crippen LogP contribution in [0.4, 0.5) is 0 Å². The van der Waals surface area contributed by atoms with Gasteiger partial charge < -0.3 is 10.2 Å². The van der Waals surface area contributed by atoms with Gasteiger partial charge in [0, 0.05) is 24.2 Å². The summed E-state index contributed by atoms with van der Waals surface area (Å²) in [6.07, 6.45) is 5.43. The van der Waals surface area contributed by atoms with Crippen molar-refractivity contribution in [2.24, 2.45) is 5.92 Å². The number of nitrogens with one attached hydrogen (secondary N) is 1. The maximum atomic E-state index is 12.6. The lowest BCUT2D eigenvalue weighted by atomic mass is 9.94. The molecule has 4 nitrogen and oxygen atoms in total. The van der Waals surface area contributed by atoms with E-state index >= 15 is 0 Å². The molecule has 2 aromatic heterocycles. The highest BCUT2D eigenvalue weighted by Gasteiger charge is 2.30. The second-order valence-corrected chi connectivity index (χ2v) is 7.04. The molecule has 1 unspecified atom stereocenters. The maximum Gasteiger partial charge on any atom is 0.252 e. The van der Waals surface area contributed by atoms with Gasteiger partial charge in [0.05, 0.1) is 5.56 Å². The maximum absolute atomic E-state index is 12.6. The Morgan fingerprint density at radius 3 is 3.05 bits per heavy atom. The summed E-state index contributed by atoms with van der Waals surface area (Å²) in [7, 11) is 0. The number of hydrogen-bond acceptors (Lipinski definition) is 4. The number of amides is 1. The Kier molecular flexibility index (Phi) is 3.39. The molecule has 3 aliphatic heterocycles. The van der Waals surface area contributed by atoms with Crippen molar-refractivity contribution in [1.82, 2.24) is 15.2 Å². The van der Waals surface area contributed by atoms with Crippen LogP contribution in [0.1, 0.15) is 29.6 Å². The summed E-state index contributed by atoms with van der Waals surface area (Å²) in [5.41, 5.74) is 0.757. The van der Waals surface area contributed by atoms with Gasteiger partial charge in [0.2, 0.25) is 0 Å². The molecule has 21 heavy (non-hydrogen) atoms. The van der Waals surface area contributed by atoms with E-state index in [-0.39, 0.29) is 11.9 Å². The number of fused-ring (bicyclic) bond motifs is 5. The van der Waals surface area contributed by atoms with Crippen LogP contribution < -0.4 is 5.32 Å². The summed E-state index contributed by atoms with van der Waals surface area (Å²) in [6.45, 7) is 3.39. The molecule has 110 valence electrons. The molecule has 1 N–H and O–H groups in total. The predicted molar refractivity (Wildman–Crippen MR) is 84.7 cm³/mol. The molecule has 5 heteroatoms. The molecule has 0 saturated carbocycles. The van der Waals surface area contributed by atoms with Crippen molar-refractivity contribution in [1.29, 1.82) is 0 Å². The zero-order valence-corrected chi connectivity index (χ0v) is 12.7. The van der Waals surface area contributed by atoms with Gasteiger partial charge in [-0.1, -0.05) is 0 Å². The highest BCUT2D eigenvalue weighted by atomic mass is 32.1. The van der Waals surface area contributed by atoms with Gasteiger partial charge in [-0.25, -0.2) is 4.98 Å². The number of carbonyl (C=O) groups is 1. The first-order valence-corrected chi connectivity index (χ1v) is 8.53. The van der Waals surface area contributed by atoms with E-state index in [0.717, 1.165) is 34.7 Å². The lowest BCUT2D eigenvalue weighted by molar-refractivity contribution is 0.0930. The molecule has 0 aromatic carbocycles. The SMILES string of the molecule is O=C(NC1CC2CCN(CC2)C1)c1ccnc2sccc12. The summed E-state index contributed by atoms with van der Waals surface area (Å²) in [4.78, 5) is 20.4. The Bertz CT molecular complexity index is 646. The lowest BCUT2D eigenvalue weighted by Gasteiger charge is -2.26. The Hall–Kier alpha value is -1.46. The molecule has 1 atom stereocenters. The van der Waals surface area contributed by atoms with Crippen molar-refractivity contribution in [2.45, 2.75) is 25.3 Å². The molecule has 1 amide bonds. The zero-order chi connectivity index (χ0) is 14.2. The lowest BCUT2D eigenvalue weighted by Crippen LogP contribution is -2.42. The molecule has 0 spiro atoms. The molecule has 0 aliphatic carbocycles. The van der Waals surface area contributed by atoms with Crippen molar-refractivity contribution in [3.63, 3.8) is 0 Å². The van der Waals surface area contributed by atoms with E-state index < -0.39 is 0 Å². The number of hydrogen-bond donors (Lipinski definition) is 1. The van der Waals surface area contributed by atoms with Crippen LogP contribution in [0.3, 0.4) is 0 Å². The van der Waals surface area contributed by atoms with Gasteiger partial charge in [-0.05, 0) is 55.8 Å². The van der Waals surface area contributed by atoms with Crippen LogP contribution in [-0.2, 0) is 0 Å². The topological polar surface area (TPSA) is 45.2 Å².